The van der Waals surface area contributed by atoms with E-state index in [1.807, 2.05) is 29.7 Å². The number of aryl methyl sites for hydroxylation is 2. The van der Waals surface area contributed by atoms with Crippen LogP contribution >= 0.6 is 11.3 Å². The first kappa shape index (κ1) is 15.0. The summed E-state index contributed by atoms with van der Waals surface area (Å²) in [5.41, 5.74) is 0.784. The summed E-state index contributed by atoms with van der Waals surface area (Å²) in [5, 5.41) is 9.01. The first-order valence-corrected chi connectivity index (χ1v) is 7.55. The van der Waals surface area contributed by atoms with Crippen LogP contribution in [0.2, 0.25) is 0 Å². The second kappa shape index (κ2) is 5.93. The number of piperazine rings is 1. The Bertz CT molecular complexity index is 518. The molecule has 0 saturated carbocycles. The van der Waals surface area contributed by atoms with Crippen LogP contribution in [0.3, 0.4) is 0 Å². The maximum Gasteiger partial charge on any atom is 0.320 e. The normalized spacial score (nSPS) is 18.1. The van der Waals surface area contributed by atoms with E-state index < -0.39 is 12.0 Å². The fourth-order valence-electron chi connectivity index (χ4n) is 2.48. The maximum absolute atomic E-state index is 12.4. The van der Waals surface area contributed by atoms with Gasteiger partial charge < -0.3 is 10.0 Å². The van der Waals surface area contributed by atoms with Crippen molar-refractivity contribution in [2.45, 2.75) is 26.8 Å². The Balaban J connectivity index is 1.99. The summed E-state index contributed by atoms with van der Waals surface area (Å²) in [4.78, 5) is 29.3. The Hall–Kier alpha value is -1.40. The highest BCUT2D eigenvalue weighted by Gasteiger charge is 2.28. The zero-order valence-electron chi connectivity index (χ0n) is 12.0. The van der Waals surface area contributed by atoms with Gasteiger partial charge in [-0.15, -0.1) is 11.3 Å². The van der Waals surface area contributed by atoms with Gasteiger partial charge in [0.2, 0.25) is 0 Å². The van der Waals surface area contributed by atoms with Gasteiger partial charge in [-0.1, -0.05) is 0 Å². The molecular formula is C14H20N2O3S. The highest BCUT2D eigenvalue weighted by molar-refractivity contribution is 7.12. The molecule has 1 unspecified atom stereocenters. The van der Waals surface area contributed by atoms with Crippen molar-refractivity contribution >= 4 is 23.2 Å². The molecule has 2 heterocycles. The lowest BCUT2D eigenvalue weighted by atomic mass is 10.2. The maximum atomic E-state index is 12.4. The zero-order chi connectivity index (χ0) is 14.9. The Morgan fingerprint density at radius 1 is 1.25 bits per heavy atom. The van der Waals surface area contributed by atoms with Gasteiger partial charge in [-0.25, -0.2) is 0 Å². The van der Waals surface area contributed by atoms with E-state index in [0.29, 0.717) is 26.2 Å². The number of carboxylic acid groups (broad SMARTS) is 1. The highest BCUT2D eigenvalue weighted by atomic mass is 32.1. The molecule has 2 rings (SSSR count). The van der Waals surface area contributed by atoms with Gasteiger partial charge >= 0.3 is 5.97 Å². The van der Waals surface area contributed by atoms with E-state index in [-0.39, 0.29) is 5.91 Å². The van der Waals surface area contributed by atoms with Crippen LogP contribution in [0.4, 0.5) is 0 Å². The molecule has 1 amide bonds. The zero-order valence-corrected chi connectivity index (χ0v) is 12.9. The van der Waals surface area contributed by atoms with Crippen molar-refractivity contribution in [1.29, 1.82) is 0 Å². The number of amides is 1. The first-order chi connectivity index (χ1) is 9.40. The number of nitrogens with zero attached hydrogens (tertiary/aromatic N) is 2. The lowest BCUT2D eigenvalue weighted by Gasteiger charge is -2.36. The quantitative estimate of drug-likeness (QED) is 0.920. The van der Waals surface area contributed by atoms with Crippen LogP contribution in [0.15, 0.2) is 6.07 Å². The number of thiophene rings is 1. The molecule has 1 N–H and O–H groups in total. The number of carboxylic acids is 1. The monoisotopic (exact) mass is 296 g/mol. The van der Waals surface area contributed by atoms with Crippen molar-refractivity contribution in [3.63, 3.8) is 0 Å². The Morgan fingerprint density at radius 3 is 2.30 bits per heavy atom. The van der Waals surface area contributed by atoms with Crippen molar-refractivity contribution < 1.29 is 14.7 Å². The van der Waals surface area contributed by atoms with Crippen LogP contribution in [-0.4, -0.2) is 59.0 Å². The van der Waals surface area contributed by atoms with E-state index in [2.05, 4.69) is 0 Å². The molecule has 0 aromatic carbocycles. The summed E-state index contributed by atoms with van der Waals surface area (Å²) in [6, 6.07) is 1.45. The Labute approximate surface area is 122 Å². The number of aliphatic carboxylic acids is 1. The Kier molecular flexibility index (Phi) is 4.45. The third-order valence-electron chi connectivity index (χ3n) is 3.78. The van der Waals surface area contributed by atoms with Gasteiger partial charge in [0.1, 0.15) is 6.04 Å². The average molecular weight is 296 g/mol. The minimum Gasteiger partial charge on any atom is -0.480 e. The summed E-state index contributed by atoms with van der Waals surface area (Å²) in [5.74, 6) is -0.747. The molecule has 0 spiro atoms. The predicted molar refractivity (Wildman–Crippen MR) is 78.4 cm³/mol. The van der Waals surface area contributed by atoms with Crippen molar-refractivity contribution in [2.24, 2.45) is 0 Å². The minimum atomic E-state index is -0.811. The van der Waals surface area contributed by atoms with Gasteiger partial charge in [-0.2, -0.15) is 0 Å². The van der Waals surface area contributed by atoms with Crippen molar-refractivity contribution in [2.75, 3.05) is 26.2 Å². The highest BCUT2D eigenvalue weighted by Crippen LogP contribution is 2.22. The predicted octanol–water partition coefficient (Wildman–Crippen LogP) is 1.60. The fraction of sp³-hybridized carbons (Fsp3) is 0.571. The number of hydrogen-bond acceptors (Lipinski definition) is 4. The molecule has 1 aromatic rings. The largest absolute Gasteiger partial charge is 0.480 e. The van der Waals surface area contributed by atoms with E-state index in [1.165, 1.54) is 0 Å². The third kappa shape index (κ3) is 3.02. The number of carbonyl (C=O) groups is 2. The van der Waals surface area contributed by atoms with Crippen LogP contribution in [0.5, 0.6) is 0 Å². The molecule has 6 heteroatoms. The van der Waals surface area contributed by atoms with Gasteiger partial charge in [0.15, 0.2) is 0 Å². The summed E-state index contributed by atoms with van der Waals surface area (Å²) in [6.45, 7) is 8.05. The SMILES string of the molecule is Cc1cc(C(=O)N2CCN(C(C)C(=O)O)CC2)c(C)s1. The molecule has 1 aliphatic rings. The molecule has 1 atom stereocenters. The standard InChI is InChI=1S/C14H20N2O3S/c1-9-8-12(11(3)20-9)13(17)16-6-4-15(5-7-16)10(2)14(18)19/h8,10H,4-7H2,1-3H3,(H,18,19). The fourth-order valence-corrected chi connectivity index (χ4v) is 3.40. The van der Waals surface area contributed by atoms with E-state index >= 15 is 0 Å². The van der Waals surface area contributed by atoms with E-state index in [9.17, 15) is 9.59 Å². The third-order valence-corrected chi connectivity index (χ3v) is 4.74. The van der Waals surface area contributed by atoms with Crippen LogP contribution in [0, 0.1) is 13.8 Å². The molecular weight excluding hydrogens is 276 g/mol. The van der Waals surface area contributed by atoms with Crippen LogP contribution < -0.4 is 0 Å². The smallest absolute Gasteiger partial charge is 0.320 e. The second-order valence-electron chi connectivity index (χ2n) is 5.17. The molecule has 1 fully saturated rings. The minimum absolute atomic E-state index is 0.0643. The van der Waals surface area contributed by atoms with Crippen molar-refractivity contribution in [1.82, 2.24) is 9.80 Å². The van der Waals surface area contributed by atoms with Gasteiger partial charge in [0.05, 0.1) is 5.56 Å². The second-order valence-corrected chi connectivity index (χ2v) is 6.63. The van der Waals surface area contributed by atoms with E-state index in [4.69, 9.17) is 5.11 Å². The summed E-state index contributed by atoms with van der Waals surface area (Å²) in [7, 11) is 0. The summed E-state index contributed by atoms with van der Waals surface area (Å²) in [6.07, 6.45) is 0. The first-order valence-electron chi connectivity index (χ1n) is 6.73. The van der Waals surface area contributed by atoms with E-state index in [0.717, 1.165) is 15.3 Å². The van der Waals surface area contributed by atoms with Gasteiger partial charge in [-0.3, -0.25) is 14.5 Å². The Morgan fingerprint density at radius 2 is 1.85 bits per heavy atom. The lowest BCUT2D eigenvalue weighted by molar-refractivity contribution is -0.143. The van der Waals surface area contributed by atoms with Crippen LogP contribution in [0.25, 0.3) is 0 Å². The van der Waals surface area contributed by atoms with Gasteiger partial charge in [0.25, 0.3) is 5.91 Å². The van der Waals surface area contributed by atoms with Crippen LogP contribution in [-0.2, 0) is 4.79 Å². The lowest BCUT2D eigenvalue weighted by Crippen LogP contribution is -2.53. The van der Waals surface area contributed by atoms with E-state index in [1.54, 1.807) is 18.3 Å². The molecule has 1 aromatic heterocycles. The molecule has 110 valence electrons. The molecule has 0 bridgehead atoms. The van der Waals surface area contributed by atoms with Crippen molar-refractivity contribution in [3.05, 3.63) is 21.4 Å². The molecule has 5 nitrogen and oxygen atoms in total. The van der Waals surface area contributed by atoms with Gasteiger partial charge in [-0.05, 0) is 26.8 Å². The molecule has 1 aliphatic heterocycles. The topological polar surface area (TPSA) is 60.9 Å². The van der Waals surface area contributed by atoms with Crippen molar-refractivity contribution in [3.8, 4) is 0 Å². The number of hydrogen-bond donors (Lipinski definition) is 1. The molecule has 1 saturated heterocycles. The van der Waals surface area contributed by atoms with Gasteiger partial charge in [0, 0.05) is 35.9 Å². The number of rotatable bonds is 3. The summed E-state index contributed by atoms with van der Waals surface area (Å²) >= 11 is 1.64. The molecule has 20 heavy (non-hydrogen) atoms. The number of carbonyl (C=O) groups excluding carboxylic acids is 1. The van der Waals surface area contributed by atoms with Crippen LogP contribution in [0.1, 0.15) is 27.0 Å². The molecule has 0 aliphatic carbocycles. The average Bonchev–Trinajstić information content (AvgIpc) is 2.76. The summed E-state index contributed by atoms with van der Waals surface area (Å²) < 4.78 is 0. The molecule has 0 radical (unpaired) electrons.